The van der Waals surface area contributed by atoms with Gasteiger partial charge in [-0.15, -0.1) is 16.8 Å². The summed E-state index contributed by atoms with van der Waals surface area (Å²) in [4.78, 5) is 12.2. The normalized spacial score (nSPS) is 17.6. The van der Waals surface area contributed by atoms with E-state index in [0.717, 1.165) is 42.3 Å². The molecule has 1 amide bonds. The van der Waals surface area contributed by atoms with Crippen molar-refractivity contribution in [3.63, 3.8) is 0 Å². The topological polar surface area (TPSA) is 69.0 Å². The Bertz CT molecular complexity index is 759. The van der Waals surface area contributed by atoms with Gasteiger partial charge in [0.2, 0.25) is 5.91 Å². The fourth-order valence-electron chi connectivity index (χ4n) is 2.85. The first-order valence-corrected chi connectivity index (χ1v) is 9.24. The van der Waals surface area contributed by atoms with Crippen molar-refractivity contribution in [2.24, 2.45) is 0 Å². The molecule has 3 rings (SSSR count). The summed E-state index contributed by atoms with van der Waals surface area (Å²) in [7, 11) is 1.64. The van der Waals surface area contributed by atoms with Crippen LogP contribution in [0.15, 0.2) is 42.1 Å². The summed E-state index contributed by atoms with van der Waals surface area (Å²) in [6, 6.07) is 7.71. The number of ether oxygens (including phenoxy) is 1. The SMILES string of the molecule is C=CCn1c(SC2CCCCNC2=O)nnc1-c1ccccc1OC. The summed E-state index contributed by atoms with van der Waals surface area (Å²) in [6.07, 6.45) is 4.71. The minimum Gasteiger partial charge on any atom is -0.496 e. The van der Waals surface area contributed by atoms with Gasteiger partial charge in [-0.05, 0) is 25.0 Å². The summed E-state index contributed by atoms with van der Waals surface area (Å²) >= 11 is 1.47. The van der Waals surface area contributed by atoms with Crippen LogP contribution in [0, 0.1) is 0 Å². The highest BCUT2D eigenvalue weighted by Crippen LogP contribution is 2.33. The van der Waals surface area contributed by atoms with Crippen LogP contribution < -0.4 is 10.1 Å². The average molecular weight is 358 g/mol. The second-order valence-electron chi connectivity index (χ2n) is 5.80. The monoisotopic (exact) mass is 358 g/mol. The average Bonchev–Trinajstić information content (AvgIpc) is 2.90. The van der Waals surface area contributed by atoms with E-state index in [0.29, 0.717) is 12.4 Å². The van der Waals surface area contributed by atoms with Gasteiger partial charge in [0.15, 0.2) is 11.0 Å². The number of aromatic nitrogens is 3. The molecule has 1 aromatic carbocycles. The number of nitrogens with zero attached hydrogens (tertiary/aromatic N) is 3. The van der Waals surface area contributed by atoms with Crippen LogP contribution in [-0.2, 0) is 11.3 Å². The number of amides is 1. The Labute approximate surface area is 151 Å². The molecule has 7 heteroatoms. The summed E-state index contributed by atoms with van der Waals surface area (Å²) < 4.78 is 7.43. The Morgan fingerprint density at radius 2 is 2.24 bits per heavy atom. The standard InChI is InChI=1S/C18H22N4O2S/c1-3-12-22-16(13-8-4-5-9-14(13)24-2)20-21-18(22)25-15-10-6-7-11-19-17(15)23/h3-5,8-9,15H,1,6-7,10-12H2,2H3,(H,19,23). The number of carbonyl (C=O) groups excluding carboxylic acids is 1. The van der Waals surface area contributed by atoms with Crippen molar-refractivity contribution >= 4 is 17.7 Å². The van der Waals surface area contributed by atoms with E-state index >= 15 is 0 Å². The molecule has 1 fully saturated rings. The van der Waals surface area contributed by atoms with Gasteiger partial charge >= 0.3 is 0 Å². The molecule has 1 saturated heterocycles. The molecule has 1 aromatic heterocycles. The maximum Gasteiger partial charge on any atom is 0.233 e. The Morgan fingerprint density at radius 3 is 3.04 bits per heavy atom. The molecule has 1 N–H and O–H groups in total. The van der Waals surface area contributed by atoms with Crippen molar-refractivity contribution in [2.45, 2.75) is 36.2 Å². The molecule has 0 aliphatic carbocycles. The summed E-state index contributed by atoms with van der Waals surface area (Å²) in [5.41, 5.74) is 0.872. The fourth-order valence-corrected chi connectivity index (χ4v) is 3.95. The highest BCUT2D eigenvalue weighted by molar-refractivity contribution is 8.00. The highest BCUT2D eigenvalue weighted by atomic mass is 32.2. The number of para-hydroxylation sites is 1. The van der Waals surface area contributed by atoms with Gasteiger partial charge in [0.1, 0.15) is 5.75 Å². The summed E-state index contributed by atoms with van der Waals surface area (Å²) in [6.45, 7) is 5.15. The van der Waals surface area contributed by atoms with Gasteiger partial charge in [-0.1, -0.05) is 36.4 Å². The quantitative estimate of drug-likeness (QED) is 0.804. The zero-order valence-electron chi connectivity index (χ0n) is 14.3. The maximum atomic E-state index is 12.2. The van der Waals surface area contributed by atoms with E-state index in [1.807, 2.05) is 28.8 Å². The van der Waals surface area contributed by atoms with Gasteiger partial charge in [0.05, 0.1) is 17.9 Å². The smallest absolute Gasteiger partial charge is 0.233 e. The molecule has 25 heavy (non-hydrogen) atoms. The van der Waals surface area contributed by atoms with Crippen molar-refractivity contribution in [1.82, 2.24) is 20.1 Å². The Hall–Kier alpha value is -2.28. The molecule has 0 saturated carbocycles. The molecule has 0 radical (unpaired) electrons. The van der Waals surface area contributed by atoms with Crippen molar-refractivity contribution in [3.05, 3.63) is 36.9 Å². The molecular weight excluding hydrogens is 336 g/mol. The Kier molecular flexibility index (Phi) is 5.75. The van der Waals surface area contributed by atoms with Crippen LogP contribution in [0.2, 0.25) is 0 Å². The number of benzene rings is 1. The number of hydrogen-bond donors (Lipinski definition) is 1. The van der Waals surface area contributed by atoms with Gasteiger partial charge < -0.3 is 10.1 Å². The number of hydrogen-bond acceptors (Lipinski definition) is 5. The maximum absolute atomic E-state index is 12.2. The minimum absolute atomic E-state index is 0.0782. The Balaban J connectivity index is 1.94. The van der Waals surface area contributed by atoms with E-state index in [4.69, 9.17) is 4.74 Å². The van der Waals surface area contributed by atoms with E-state index in [-0.39, 0.29) is 11.2 Å². The second-order valence-corrected chi connectivity index (χ2v) is 6.97. The highest BCUT2D eigenvalue weighted by Gasteiger charge is 2.25. The number of carbonyl (C=O) groups is 1. The molecule has 2 aromatic rings. The Morgan fingerprint density at radius 1 is 1.40 bits per heavy atom. The third kappa shape index (κ3) is 3.87. The largest absolute Gasteiger partial charge is 0.496 e. The molecule has 1 aliphatic heterocycles. The van der Waals surface area contributed by atoms with Gasteiger partial charge in [-0.25, -0.2) is 0 Å². The van der Waals surface area contributed by atoms with E-state index < -0.39 is 0 Å². The number of thioether (sulfide) groups is 1. The second kappa shape index (κ2) is 8.20. The lowest BCUT2D eigenvalue weighted by molar-refractivity contribution is -0.120. The van der Waals surface area contributed by atoms with Crippen LogP contribution in [-0.4, -0.2) is 39.6 Å². The summed E-state index contributed by atoms with van der Waals surface area (Å²) in [5, 5.41) is 12.3. The summed E-state index contributed by atoms with van der Waals surface area (Å²) in [5.74, 6) is 1.53. The first-order valence-electron chi connectivity index (χ1n) is 8.36. The zero-order chi connectivity index (χ0) is 17.6. The first kappa shape index (κ1) is 17.5. The third-order valence-corrected chi connectivity index (χ3v) is 5.36. The van der Waals surface area contributed by atoms with Crippen molar-refractivity contribution in [3.8, 4) is 17.1 Å². The van der Waals surface area contributed by atoms with Crippen LogP contribution in [0.1, 0.15) is 19.3 Å². The van der Waals surface area contributed by atoms with E-state index in [1.54, 1.807) is 13.2 Å². The minimum atomic E-state index is -0.138. The predicted molar refractivity (Wildman–Crippen MR) is 98.7 cm³/mol. The molecular formula is C18H22N4O2S. The molecule has 1 atom stereocenters. The van der Waals surface area contributed by atoms with Crippen molar-refractivity contribution in [1.29, 1.82) is 0 Å². The van der Waals surface area contributed by atoms with Gasteiger partial charge in [0, 0.05) is 13.1 Å². The molecule has 0 bridgehead atoms. The van der Waals surface area contributed by atoms with E-state index in [2.05, 4.69) is 22.1 Å². The molecule has 0 spiro atoms. The van der Waals surface area contributed by atoms with Crippen molar-refractivity contribution < 1.29 is 9.53 Å². The molecule has 132 valence electrons. The van der Waals surface area contributed by atoms with Crippen LogP contribution in [0.3, 0.4) is 0 Å². The first-order chi connectivity index (χ1) is 12.2. The number of nitrogens with one attached hydrogen (secondary N) is 1. The van der Waals surface area contributed by atoms with E-state index in [9.17, 15) is 4.79 Å². The van der Waals surface area contributed by atoms with Crippen molar-refractivity contribution in [2.75, 3.05) is 13.7 Å². The van der Waals surface area contributed by atoms with Crippen LogP contribution in [0.25, 0.3) is 11.4 Å². The number of rotatable bonds is 6. The number of allylic oxidation sites excluding steroid dienone is 1. The lowest BCUT2D eigenvalue weighted by atomic mass is 10.2. The predicted octanol–water partition coefficient (Wildman–Crippen LogP) is 2.90. The van der Waals surface area contributed by atoms with Crippen LogP contribution >= 0.6 is 11.8 Å². The number of methoxy groups -OCH3 is 1. The lowest BCUT2D eigenvalue weighted by Crippen LogP contribution is -2.30. The molecule has 2 heterocycles. The van der Waals surface area contributed by atoms with E-state index in [1.165, 1.54) is 11.8 Å². The van der Waals surface area contributed by atoms with Crippen LogP contribution in [0.4, 0.5) is 0 Å². The molecule has 6 nitrogen and oxygen atoms in total. The van der Waals surface area contributed by atoms with Crippen LogP contribution in [0.5, 0.6) is 5.75 Å². The fraction of sp³-hybridized carbons (Fsp3) is 0.389. The van der Waals surface area contributed by atoms with Gasteiger partial charge in [-0.3, -0.25) is 9.36 Å². The van der Waals surface area contributed by atoms with Gasteiger partial charge in [-0.2, -0.15) is 0 Å². The lowest BCUT2D eigenvalue weighted by Gasteiger charge is -2.14. The molecule has 1 aliphatic rings. The zero-order valence-corrected chi connectivity index (χ0v) is 15.1. The van der Waals surface area contributed by atoms with Gasteiger partial charge in [0.25, 0.3) is 0 Å². The molecule has 1 unspecified atom stereocenters. The third-order valence-electron chi connectivity index (χ3n) is 4.11.